The van der Waals surface area contributed by atoms with Crippen molar-refractivity contribution in [3.8, 4) is 11.5 Å². The minimum atomic E-state index is -4.59. The number of hydrogen-bond donors (Lipinski definition) is 2. The second-order valence-corrected chi connectivity index (χ2v) is 10.1. The molecule has 2 aliphatic rings. The third-order valence-electron chi connectivity index (χ3n) is 6.30. The van der Waals surface area contributed by atoms with Gasteiger partial charge in [-0.3, -0.25) is 14.3 Å². The van der Waals surface area contributed by atoms with Crippen LogP contribution in [-0.2, 0) is 39.5 Å². The van der Waals surface area contributed by atoms with Crippen molar-refractivity contribution in [3.05, 3.63) is 77.1 Å². The number of carbonyl (C=O) groups is 1. The van der Waals surface area contributed by atoms with Gasteiger partial charge in [0.05, 0.1) is 42.9 Å². The molecule has 37 heavy (non-hydrogen) atoms. The minimum absolute atomic E-state index is 0.0633. The van der Waals surface area contributed by atoms with Crippen LogP contribution in [0, 0.1) is 0 Å². The van der Waals surface area contributed by atoms with E-state index in [4.69, 9.17) is 14.4 Å². The summed E-state index contributed by atoms with van der Waals surface area (Å²) in [5.74, 6) is 0.126. The summed E-state index contributed by atoms with van der Waals surface area (Å²) in [5.41, 5.74) is 3.05. The van der Waals surface area contributed by atoms with Crippen LogP contribution < -0.4 is 19.7 Å². The molecular weight excluding hydrogens is 502 g/mol. The molecule has 3 aromatic rings. The summed E-state index contributed by atoms with van der Waals surface area (Å²) in [4.78, 5) is 29.1. The molecule has 11 nitrogen and oxygen atoms in total. The van der Waals surface area contributed by atoms with Crippen LogP contribution in [0.25, 0.3) is 0 Å². The zero-order valence-corrected chi connectivity index (χ0v) is 20.9. The molecule has 0 saturated carbocycles. The van der Waals surface area contributed by atoms with Crippen LogP contribution in [-0.4, -0.2) is 49.5 Å². The maximum absolute atomic E-state index is 13.7. The van der Waals surface area contributed by atoms with Gasteiger partial charge in [-0.2, -0.15) is 8.42 Å². The molecule has 0 aliphatic carbocycles. The fourth-order valence-corrected chi connectivity index (χ4v) is 5.55. The Morgan fingerprint density at radius 2 is 1.81 bits per heavy atom. The lowest BCUT2D eigenvalue weighted by Gasteiger charge is -2.27. The predicted octanol–water partition coefficient (Wildman–Crippen LogP) is 2.96. The van der Waals surface area contributed by atoms with E-state index in [0.29, 0.717) is 17.1 Å². The zero-order valence-electron chi connectivity index (χ0n) is 20.1. The van der Waals surface area contributed by atoms with Gasteiger partial charge in [0.25, 0.3) is 16.0 Å². The number of aromatic nitrogens is 1. The second kappa shape index (κ2) is 9.98. The largest absolute Gasteiger partial charge is 0.493 e. The van der Waals surface area contributed by atoms with Gasteiger partial charge < -0.3 is 19.7 Å². The van der Waals surface area contributed by atoms with E-state index < -0.39 is 27.4 Å². The minimum Gasteiger partial charge on any atom is -0.493 e. The molecule has 2 atom stereocenters. The van der Waals surface area contributed by atoms with Crippen molar-refractivity contribution in [2.75, 3.05) is 24.4 Å². The highest BCUT2D eigenvalue weighted by Crippen LogP contribution is 2.42. The molecule has 2 aromatic carbocycles. The highest BCUT2D eigenvalue weighted by molar-refractivity contribution is 7.86. The van der Waals surface area contributed by atoms with Crippen molar-refractivity contribution in [1.29, 1.82) is 0 Å². The van der Waals surface area contributed by atoms with Crippen molar-refractivity contribution in [1.82, 2.24) is 4.98 Å². The number of rotatable bonds is 8. The van der Waals surface area contributed by atoms with Gasteiger partial charge in [0.15, 0.2) is 16.9 Å². The highest BCUT2D eigenvalue weighted by atomic mass is 32.2. The standard InChI is InChI=1S/C25H25N3O8S/c1-33-22-11-18-19(12-23(22)35-13-16-7-5-8-17(26-16)14-36-34-2)27-24(37(30,31)32)21-10-15-6-3-4-9-20(15)28(21)25(18)29/h3-9,11-12,21,24,27H,10,13-14H2,1-2H3,(H,30,31,32)/t21-,24?/m0/s1. The average molecular weight is 528 g/mol. The number of hydrogen-bond acceptors (Lipinski definition) is 9. The van der Waals surface area contributed by atoms with E-state index in [0.717, 1.165) is 5.56 Å². The van der Waals surface area contributed by atoms with Crippen LogP contribution in [0.4, 0.5) is 11.4 Å². The van der Waals surface area contributed by atoms with Gasteiger partial charge in [0, 0.05) is 11.8 Å². The van der Waals surface area contributed by atoms with Gasteiger partial charge in [0.2, 0.25) is 0 Å². The smallest absolute Gasteiger partial charge is 0.288 e. The van der Waals surface area contributed by atoms with Crippen LogP contribution in [0.1, 0.15) is 27.3 Å². The summed E-state index contributed by atoms with van der Waals surface area (Å²) >= 11 is 0. The van der Waals surface area contributed by atoms with E-state index in [1.165, 1.54) is 31.3 Å². The van der Waals surface area contributed by atoms with E-state index in [9.17, 15) is 17.8 Å². The van der Waals surface area contributed by atoms with Gasteiger partial charge in [-0.1, -0.05) is 24.3 Å². The Kier molecular flexibility index (Phi) is 6.73. The van der Waals surface area contributed by atoms with Crippen molar-refractivity contribution >= 4 is 27.4 Å². The molecular formula is C25H25N3O8S. The quantitative estimate of drug-likeness (QED) is 0.256. The Bertz CT molecular complexity index is 1450. The summed E-state index contributed by atoms with van der Waals surface area (Å²) in [5, 5.41) is 1.42. The molecule has 1 unspecified atom stereocenters. The Balaban J connectivity index is 1.50. The van der Waals surface area contributed by atoms with Crippen LogP contribution in [0.15, 0.2) is 54.6 Å². The summed E-state index contributed by atoms with van der Waals surface area (Å²) in [7, 11) is -1.74. The number of nitrogens with one attached hydrogen (secondary N) is 1. The Hall–Kier alpha value is -3.71. The number of methoxy groups -OCH3 is 1. The monoisotopic (exact) mass is 527 g/mol. The van der Waals surface area contributed by atoms with E-state index in [2.05, 4.69) is 15.2 Å². The molecule has 1 amide bonds. The third-order valence-corrected chi connectivity index (χ3v) is 7.37. The van der Waals surface area contributed by atoms with Gasteiger partial charge in [-0.25, -0.2) is 9.78 Å². The molecule has 12 heteroatoms. The summed E-state index contributed by atoms with van der Waals surface area (Å²) in [6.45, 7) is 0.226. The fourth-order valence-electron chi connectivity index (χ4n) is 4.66. The molecule has 0 saturated heterocycles. The fraction of sp³-hybridized carbons (Fsp3) is 0.280. The third kappa shape index (κ3) is 4.83. The van der Waals surface area contributed by atoms with Crippen LogP contribution in [0.3, 0.4) is 0 Å². The maximum atomic E-state index is 13.7. The first-order chi connectivity index (χ1) is 17.8. The zero-order chi connectivity index (χ0) is 26.2. The lowest BCUT2D eigenvalue weighted by Crippen LogP contribution is -2.49. The van der Waals surface area contributed by atoms with Crippen LogP contribution in [0.2, 0.25) is 0 Å². The first kappa shape index (κ1) is 25.0. The van der Waals surface area contributed by atoms with Crippen LogP contribution >= 0.6 is 0 Å². The van der Waals surface area contributed by atoms with Crippen molar-refractivity contribution < 1.29 is 37.0 Å². The van der Waals surface area contributed by atoms with Gasteiger partial charge >= 0.3 is 0 Å². The Labute approximate surface area is 213 Å². The molecule has 2 aliphatic heterocycles. The van der Waals surface area contributed by atoms with Crippen molar-refractivity contribution in [2.45, 2.75) is 31.1 Å². The van der Waals surface area contributed by atoms with Crippen LogP contribution in [0.5, 0.6) is 11.5 Å². The number of carbonyl (C=O) groups excluding carboxylic acids is 1. The van der Waals surface area contributed by atoms with Gasteiger partial charge in [0.1, 0.15) is 13.2 Å². The molecule has 1 aromatic heterocycles. The molecule has 2 N–H and O–H groups in total. The van der Waals surface area contributed by atoms with Gasteiger partial charge in [-0.05, 0) is 36.2 Å². The number of benzene rings is 2. The number of pyridine rings is 1. The van der Waals surface area contributed by atoms with Crippen molar-refractivity contribution in [2.24, 2.45) is 0 Å². The number of anilines is 2. The first-order valence-corrected chi connectivity index (χ1v) is 12.9. The number of nitrogens with zero attached hydrogens (tertiary/aromatic N) is 2. The number of amides is 1. The second-order valence-electron chi connectivity index (χ2n) is 8.54. The highest BCUT2D eigenvalue weighted by Gasteiger charge is 2.47. The lowest BCUT2D eigenvalue weighted by molar-refractivity contribution is -0.282. The molecule has 5 rings (SSSR count). The number of fused-ring (bicyclic) bond motifs is 4. The Morgan fingerprint density at radius 1 is 1.05 bits per heavy atom. The average Bonchev–Trinajstić information content (AvgIpc) is 3.22. The molecule has 3 heterocycles. The van der Waals surface area contributed by atoms with E-state index >= 15 is 0 Å². The maximum Gasteiger partial charge on any atom is 0.288 e. The van der Waals surface area contributed by atoms with E-state index in [1.54, 1.807) is 30.3 Å². The molecule has 0 bridgehead atoms. The molecule has 0 spiro atoms. The number of ether oxygens (including phenoxy) is 2. The topological polar surface area (TPSA) is 137 Å². The first-order valence-electron chi connectivity index (χ1n) is 11.4. The summed E-state index contributed by atoms with van der Waals surface area (Å²) in [6, 6.07) is 14.7. The van der Waals surface area contributed by atoms with E-state index in [1.807, 2.05) is 12.1 Å². The molecule has 0 fully saturated rings. The van der Waals surface area contributed by atoms with Crippen molar-refractivity contribution in [3.63, 3.8) is 0 Å². The summed E-state index contributed by atoms with van der Waals surface area (Å²) < 4.78 is 46.4. The molecule has 194 valence electrons. The predicted molar refractivity (Wildman–Crippen MR) is 133 cm³/mol. The van der Waals surface area contributed by atoms with Gasteiger partial charge in [-0.15, -0.1) is 0 Å². The lowest BCUT2D eigenvalue weighted by atomic mass is 10.1. The molecule has 0 radical (unpaired) electrons. The van der Waals surface area contributed by atoms with E-state index in [-0.39, 0.29) is 42.4 Å². The number of para-hydroxylation sites is 1. The summed E-state index contributed by atoms with van der Waals surface area (Å²) in [6.07, 6.45) is 0.267. The SMILES string of the molecule is COOCc1cccc(COc2cc3c(cc2OC)C(=O)N2c4ccccc4C[C@H]2C(S(=O)(=O)O)N3)n1. The normalized spacial score (nSPS) is 18.4. The Morgan fingerprint density at radius 3 is 2.54 bits per heavy atom.